The summed E-state index contributed by atoms with van der Waals surface area (Å²) < 4.78 is 5.52. The number of aryl methyl sites for hydroxylation is 1. The molecule has 2 N–H and O–H groups in total. The van der Waals surface area contributed by atoms with Crippen molar-refractivity contribution in [3.63, 3.8) is 0 Å². The lowest BCUT2D eigenvalue weighted by atomic mass is 9.94. The van der Waals surface area contributed by atoms with Gasteiger partial charge in [-0.15, -0.1) is 0 Å². The average Bonchev–Trinajstić information content (AvgIpc) is 3.20. The lowest BCUT2D eigenvalue weighted by Gasteiger charge is -2.12. The van der Waals surface area contributed by atoms with E-state index in [-0.39, 0.29) is 17.5 Å². The molecule has 1 aromatic rings. The minimum absolute atomic E-state index is 0.00188. The van der Waals surface area contributed by atoms with Crippen molar-refractivity contribution in [2.45, 2.75) is 45.1 Å². The molecule has 21 heavy (non-hydrogen) atoms. The van der Waals surface area contributed by atoms with Crippen LogP contribution in [0, 0.1) is 12.8 Å². The Kier molecular flexibility index (Phi) is 3.31. The zero-order chi connectivity index (χ0) is 15.1. The Morgan fingerprint density at radius 3 is 2.62 bits per heavy atom. The monoisotopic (exact) mass is 291 g/mol. The highest BCUT2D eigenvalue weighted by Gasteiger charge is 2.38. The topological polar surface area (TPSA) is 96.6 Å². The number of nitrogens with one attached hydrogen (secondary N) is 1. The number of carbonyl (C=O) groups excluding carboxylic acids is 2. The Morgan fingerprint density at radius 1 is 1.33 bits per heavy atom. The first-order valence-corrected chi connectivity index (χ1v) is 7.18. The highest BCUT2D eigenvalue weighted by molar-refractivity contribution is 6.04. The van der Waals surface area contributed by atoms with Gasteiger partial charge in [-0.3, -0.25) is 9.59 Å². The number of fused-ring (bicyclic) bond motifs is 1. The summed E-state index contributed by atoms with van der Waals surface area (Å²) in [6, 6.07) is -0.880. The summed E-state index contributed by atoms with van der Waals surface area (Å²) in [5.74, 6) is -0.967. The molecule has 1 amide bonds. The summed E-state index contributed by atoms with van der Waals surface area (Å²) in [6.07, 6.45) is 3.45. The van der Waals surface area contributed by atoms with E-state index in [1.54, 1.807) is 6.92 Å². The van der Waals surface area contributed by atoms with E-state index in [0.29, 0.717) is 29.7 Å². The molecule has 1 fully saturated rings. The van der Waals surface area contributed by atoms with E-state index >= 15 is 0 Å². The van der Waals surface area contributed by atoms with Gasteiger partial charge in [-0.2, -0.15) is 0 Å². The summed E-state index contributed by atoms with van der Waals surface area (Å²) in [6.45, 7) is 1.67. The van der Waals surface area contributed by atoms with Crippen LogP contribution in [0.4, 0.5) is 0 Å². The third kappa shape index (κ3) is 2.46. The van der Waals surface area contributed by atoms with Gasteiger partial charge in [0.15, 0.2) is 11.5 Å². The highest BCUT2D eigenvalue weighted by atomic mass is 16.4. The number of hydrogen-bond donors (Lipinski definition) is 2. The van der Waals surface area contributed by atoms with Crippen molar-refractivity contribution in [2.24, 2.45) is 5.92 Å². The first-order chi connectivity index (χ1) is 9.99. The van der Waals surface area contributed by atoms with Gasteiger partial charge in [0, 0.05) is 18.4 Å². The molecule has 1 aromatic heterocycles. The maximum absolute atomic E-state index is 12.3. The van der Waals surface area contributed by atoms with E-state index in [1.165, 1.54) is 0 Å². The smallest absolute Gasteiger partial charge is 0.326 e. The molecule has 0 aliphatic heterocycles. The van der Waals surface area contributed by atoms with Crippen LogP contribution in [0.5, 0.6) is 0 Å². The number of aliphatic carboxylic acids is 1. The van der Waals surface area contributed by atoms with Crippen LogP contribution in [-0.2, 0) is 11.2 Å². The number of carbonyl (C=O) groups is 3. The van der Waals surface area contributed by atoms with Gasteiger partial charge in [0.25, 0.3) is 5.91 Å². The normalized spacial score (nSPS) is 19.0. The van der Waals surface area contributed by atoms with E-state index in [9.17, 15) is 14.4 Å². The molecule has 0 radical (unpaired) electrons. The zero-order valence-electron chi connectivity index (χ0n) is 11.8. The van der Waals surface area contributed by atoms with Gasteiger partial charge < -0.3 is 14.8 Å². The number of rotatable bonds is 4. The number of amides is 1. The van der Waals surface area contributed by atoms with E-state index < -0.39 is 17.9 Å². The van der Waals surface area contributed by atoms with Gasteiger partial charge in [0.2, 0.25) is 0 Å². The molecule has 1 unspecified atom stereocenters. The molecule has 0 spiro atoms. The van der Waals surface area contributed by atoms with E-state index in [1.807, 2.05) is 0 Å². The van der Waals surface area contributed by atoms with Crippen molar-refractivity contribution in [3.8, 4) is 0 Å². The summed E-state index contributed by atoms with van der Waals surface area (Å²) in [5.41, 5.74) is 1.02. The number of carboxylic acid groups (broad SMARTS) is 1. The van der Waals surface area contributed by atoms with Crippen molar-refractivity contribution in [1.29, 1.82) is 0 Å². The molecule has 6 nitrogen and oxygen atoms in total. The van der Waals surface area contributed by atoms with Crippen molar-refractivity contribution in [3.05, 3.63) is 22.6 Å². The van der Waals surface area contributed by atoms with Gasteiger partial charge >= 0.3 is 5.97 Å². The third-order valence-corrected chi connectivity index (χ3v) is 4.16. The summed E-state index contributed by atoms with van der Waals surface area (Å²) in [4.78, 5) is 35.3. The van der Waals surface area contributed by atoms with Crippen molar-refractivity contribution in [2.75, 3.05) is 0 Å². The molecule has 0 aromatic carbocycles. The molecule has 112 valence electrons. The first kappa shape index (κ1) is 13.9. The predicted octanol–water partition coefficient (Wildman–Crippen LogP) is 1.70. The molecular formula is C15H17NO5. The van der Waals surface area contributed by atoms with Crippen LogP contribution in [0.25, 0.3) is 0 Å². The fourth-order valence-electron chi connectivity index (χ4n) is 2.88. The summed E-state index contributed by atoms with van der Waals surface area (Å²) in [5, 5.41) is 11.7. The number of ketones is 1. The van der Waals surface area contributed by atoms with Crippen molar-refractivity contribution < 1.29 is 23.9 Å². The number of hydrogen-bond acceptors (Lipinski definition) is 4. The largest absolute Gasteiger partial charge is 0.480 e. The molecule has 1 heterocycles. The summed E-state index contributed by atoms with van der Waals surface area (Å²) >= 11 is 0. The second kappa shape index (κ2) is 5.02. The minimum Gasteiger partial charge on any atom is -0.480 e. The van der Waals surface area contributed by atoms with Crippen LogP contribution in [0.15, 0.2) is 4.42 Å². The molecule has 2 aliphatic carbocycles. The lowest BCUT2D eigenvalue weighted by Crippen LogP contribution is -2.42. The Balaban J connectivity index is 1.85. The maximum Gasteiger partial charge on any atom is 0.326 e. The quantitative estimate of drug-likeness (QED) is 0.880. The van der Waals surface area contributed by atoms with Gasteiger partial charge in [-0.05, 0) is 32.1 Å². The lowest BCUT2D eigenvalue weighted by molar-refractivity contribution is -0.139. The van der Waals surface area contributed by atoms with Crippen molar-refractivity contribution >= 4 is 17.7 Å². The first-order valence-electron chi connectivity index (χ1n) is 7.18. The third-order valence-electron chi connectivity index (χ3n) is 4.16. The summed E-state index contributed by atoms with van der Waals surface area (Å²) in [7, 11) is 0. The van der Waals surface area contributed by atoms with Gasteiger partial charge in [0.05, 0.1) is 5.56 Å². The molecule has 1 saturated carbocycles. The van der Waals surface area contributed by atoms with Crippen LogP contribution in [0.2, 0.25) is 0 Å². The van der Waals surface area contributed by atoms with E-state index in [0.717, 1.165) is 19.3 Å². The Hall–Kier alpha value is -2.11. The fraction of sp³-hybridized carbons (Fsp3) is 0.533. The van der Waals surface area contributed by atoms with Crippen LogP contribution in [-0.4, -0.2) is 28.8 Å². The predicted molar refractivity (Wildman–Crippen MR) is 72.3 cm³/mol. The van der Waals surface area contributed by atoms with E-state index in [2.05, 4.69) is 5.32 Å². The Bertz CT molecular complexity index is 626. The maximum atomic E-state index is 12.3. The van der Waals surface area contributed by atoms with Crippen LogP contribution >= 0.6 is 0 Å². The minimum atomic E-state index is -1.03. The van der Waals surface area contributed by atoms with Gasteiger partial charge in [-0.1, -0.05) is 0 Å². The molecular weight excluding hydrogens is 274 g/mol. The van der Waals surface area contributed by atoms with Gasteiger partial charge in [0.1, 0.15) is 11.8 Å². The molecule has 6 heteroatoms. The number of carboxylic acids is 1. The van der Waals surface area contributed by atoms with Crippen LogP contribution in [0.1, 0.15) is 57.9 Å². The molecule has 3 rings (SSSR count). The van der Waals surface area contributed by atoms with E-state index in [4.69, 9.17) is 9.52 Å². The number of furan rings is 1. The molecule has 0 bridgehead atoms. The van der Waals surface area contributed by atoms with Gasteiger partial charge in [-0.25, -0.2) is 4.79 Å². The van der Waals surface area contributed by atoms with Crippen molar-refractivity contribution in [1.82, 2.24) is 5.32 Å². The second-order valence-corrected chi connectivity index (χ2v) is 5.76. The molecule has 0 saturated heterocycles. The molecule has 1 atom stereocenters. The Morgan fingerprint density at radius 2 is 2.05 bits per heavy atom. The Labute approximate surface area is 121 Å². The average molecular weight is 291 g/mol. The van der Waals surface area contributed by atoms with Crippen LogP contribution in [0.3, 0.4) is 0 Å². The number of Topliss-reactive ketones (excluding diaryl/α,β-unsaturated/α-hetero) is 1. The fourth-order valence-corrected chi connectivity index (χ4v) is 2.88. The zero-order valence-corrected chi connectivity index (χ0v) is 11.8. The van der Waals surface area contributed by atoms with Crippen LogP contribution < -0.4 is 5.32 Å². The highest BCUT2D eigenvalue weighted by Crippen LogP contribution is 2.33. The molecule has 2 aliphatic rings. The SMILES string of the molecule is Cc1c(C(=O)NC(C(=O)O)C2CC2)oc2c1C(=O)CCC2. The standard InChI is InChI=1S/C15H17NO5/c1-7-11-9(17)3-2-4-10(11)21-13(7)14(18)16-12(15(19)20)8-5-6-8/h8,12H,2-6H2,1H3,(H,16,18)(H,19,20). The second-order valence-electron chi connectivity index (χ2n) is 5.76.